The minimum absolute atomic E-state index is 0.0339. The zero-order valence-corrected chi connectivity index (χ0v) is 14.1. The number of fused-ring (bicyclic) bond motifs is 1. The molecule has 0 saturated heterocycles. The highest BCUT2D eigenvalue weighted by molar-refractivity contribution is 6.42. The molecule has 0 atom stereocenters. The first-order valence-corrected chi connectivity index (χ1v) is 7.63. The van der Waals surface area contributed by atoms with Crippen molar-refractivity contribution in [3.63, 3.8) is 0 Å². The maximum atomic E-state index is 12.5. The van der Waals surface area contributed by atoms with Gasteiger partial charge in [-0.2, -0.15) is 13.2 Å². The van der Waals surface area contributed by atoms with Crippen LogP contribution < -0.4 is 4.90 Å². The minimum Gasteiger partial charge on any atom is -0.436 e. The van der Waals surface area contributed by atoms with Crippen molar-refractivity contribution >= 4 is 45.9 Å². The molecule has 0 aliphatic carbocycles. The number of alkyl halides is 3. The van der Waals surface area contributed by atoms with Gasteiger partial charge in [0, 0.05) is 24.4 Å². The molecule has 3 rings (SSSR count). The van der Waals surface area contributed by atoms with Crippen molar-refractivity contribution in [2.75, 3.05) is 11.9 Å². The van der Waals surface area contributed by atoms with E-state index >= 15 is 0 Å². The molecule has 0 radical (unpaired) electrons. The van der Waals surface area contributed by atoms with E-state index in [2.05, 4.69) is 4.98 Å². The van der Waals surface area contributed by atoms with Gasteiger partial charge in [-0.15, -0.1) is 0 Å². The Bertz CT molecular complexity index is 970. The maximum Gasteiger partial charge on any atom is 0.471 e. The number of anilines is 1. The fourth-order valence-electron chi connectivity index (χ4n) is 2.18. The van der Waals surface area contributed by atoms with Crippen LogP contribution in [0.1, 0.15) is 0 Å². The van der Waals surface area contributed by atoms with Crippen molar-refractivity contribution in [3.05, 3.63) is 46.4 Å². The van der Waals surface area contributed by atoms with Crippen LogP contribution in [0.15, 0.2) is 40.8 Å². The molecular formula is C16H9Cl2F3N2O2. The monoisotopic (exact) mass is 388 g/mol. The van der Waals surface area contributed by atoms with Gasteiger partial charge in [0.25, 0.3) is 0 Å². The topological polar surface area (TPSA) is 46.3 Å². The van der Waals surface area contributed by atoms with Gasteiger partial charge in [0.2, 0.25) is 5.89 Å². The van der Waals surface area contributed by atoms with E-state index in [4.69, 9.17) is 27.6 Å². The summed E-state index contributed by atoms with van der Waals surface area (Å²) in [7, 11) is 1.03. The number of oxazole rings is 1. The molecule has 0 aliphatic rings. The Hall–Kier alpha value is -2.25. The number of carbonyl (C=O) groups excluding carboxylic acids is 1. The van der Waals surface area contributed by atoms with Crippen molar-refractivity contribution in [2.45, 2.75) is 6.18 Å². The fraction of sp³-hybridized carbons (Fsp3) is 0.125. The van der Waals surface area contributed by atoms with E-state index in [0.717, 1.165) is 7.05 Å². The Morgan fingerprint density at radius 1 is 1.12 bits per heavy atom. The Labute approximate surface area is 149 Å². The van der Waals surface area contributed by atoms with Gasteiger partial charge in [-0.3, -0.25) is 4.79 Å². The lowest BCUT2D eigenvalue weighted by Gasteiger charge is -2.18. The molecule has 1 heterocycles. The van der Waals surface area contributed by atoms with Crippen molar-refractivity contribution in [2.24, 2.45) is 0 Å². The van der Waals surface area contributed by atoms with E-state index in [-0.39, 0.29) is 17.2 Å². The Balaban J connectivity index is 1.99. The van der Waals surface area contributed by atoms with Crippen molar-refractivity contribution in [1.29, 1.82) is 0 Å². The lowest BCUT2D eigenvalue weighted by Crippen LogP contribution is -2.38. The van der Waals surface area contributed by atoms with Gasteiger partial charge in [0.1, 0.15) is 5.52 Å². The summed E-state index contributed by atoms with van der Waals surface area (Å²) in [5.41, 5.74) is 1.26. The summed E-state index contributed by atoms with van der Waals surface area (Å²) in [6.07, 6.45) is -4.96. The van der Waals surface area contributed by atoms with Gasteiger partial charge in [-0.1, -0.05) is 23.2 Å². The predicted octanol–water partition coefficient (Wildman–Crippen LogP) is 5.33. The molecule has 25 heavy (non-hydrogen) atoms. The van der Waals surface area contributed by atoms with Gasteiger partial charge < -0.3 is 9.32 Å². The number of nitrogens with zero attached hydrogens (tertiary/aromatic N) is 2. The van der Waals surface area contributed by atoms with Crippen LogP contribution in [0.2, 0.25) is 10.0 Å². The Morgan fingerprint density at radius 3 is 2.48 bits per heavy atom. The quantitative estimate of drug-likeness (QED) is 0.596. The van der Waals surface area contributed by atoms with Crippen LogP contribution in [0.5, 0.6) is 0 Å². The third kappa shape index (κ3) is 3.43. The molecule has 2 aromatic carbocycles. The number of rotatable bonds is 2. The molecule has 130 valence electrons. The number of amides is 1. The summed E-state index contributed by atoms with van der Waals surface area (Å²) in [6.45, 7) is 0. The number of carbonyl (C=O) groups is 1. The van der Waals surface area contributed by atoms with E-state index in [1.807, 2.05) is 0 Å². The van der Waals surface area contributed by atoms with Gasteiger partial charge in [-0.05, 0) is 30.3 Å². The largest absolute Gasteiger partial charge is 0.471 e. The first-order valence-electron chi connectivity index (χ1n) is 6.87. The van der Waals surface area contributed by atoms with Gasteiger partial charge in [-0.25, -0.2) is 4.98 Å². The molecule has 1 amide bonds. The standard InChI is InChI=1S/C16H9Cl2F3N2O2/c1-23(15(24)16(19,20)21)9-3-5-12-13(7-9)25-14(22-12)8-2-4-10(17)11(18)6-8/h2-7H,1H3. The first kappa shape index (κ1) is 17.6. The van der Waals surface area contributed by atoms with Gasteiger partial charge in [0.05, 0.1) is 10.0 Å². The number of hydrogen-bond donors (Lipinski definition) is 0. The van der Waals surface area contributed by atoms with Crippen LogP contribution in [0.4, 0.5) is 18.9 Å². The van der Waals surface area contributed by atoms with Crippen LogP contribution in [0, 0.1) is 0 Å². The summed E-state index contributed by atoms with van der Waals surface area (Å²) in [6, 6.07) is 8.93. The molecule has 3 aromatic rings. The molecule has 0 N–H and O–H groups in total. The summed E-state index contributed by atoms with van der Waals surface area (Å²) < 4.78 is 43.2. The Morgan fingerprint density at radius 2 is 1.84 bits per heavy atom. The smallest absolute Gasteiger partial charge is 0.436 e. The van der Waals surface area contributed by atoms with E-state index in [9.17, 15) is 18.0 Å². The lowest BCUT2D eigenvalue weighted by molar-refractivity contribution is -0.170. The van der Waals surface area contributed by atoms with E-state index in [1.54, 1.807) is 18.2 Å². The Kier molecular flexibility index (Phi) is 4.38. The molecule has 0 saturated carbocycles. The van der Waals surface area contributed by atoms with Crippen molar-refractivity contribution in [3.8, 4) is 11.5 Å². The molecule has 0 aliphatic heterocycles. The molecule has 0 fully saturated rings. The molecular weight excluding hydrogens is 380 g/mol. The average molecular weight is 389 g/mol. The van der Waals surface area contributed by atoms with Crippen LogP contribution in [0.25, 0.3) is 22.6 Å². The average Bonchev–Trinajstić information content (AvgIpc) is 2.98. The molecule has 0 spiro atoms. The third-order valence-electron chi connectivity index (χ3n) is 3.47. The summed E-state index contributed by atoms with van der Waals surface area (Å²) >= 11 is 11.8. The summed E-state index contributed by atoms with van der Waals surface area (Å²) in [5.74, 6) is -1.74. The highest BCUT2D eigenvalue weighted by Crippen LogP contribution is 2.32. The zero-order valence-electron chi connectivity index (χ0n) is 12.6. The second-order valence-electron chi connectivity index (χ2n) is 5.16. The maximum absolute atomic E-state index is 12.5. The van der Waals surface area contributed by atoms with E-state index < -0.39 is 12.1 Å². The molecule has 0 unspecified atom stereocenters. The van der Waals surface area contributed by atoms with Crippen LogP contribution in [0.3, 0.4) is 0 Å². The second-order valence-corrected chi connectivity index (χ2v) is 5.98. The predicted molar refractivity (Wildman–Crippen MR) is 88.9 cm³/mol. The van der Waals surface area contributed by atoms with Crippen LogP contribution in [-0.2, 0) is 4.79 Å². The summed E-state index contributed by atoms with van der Waals surface area (Å²) in [4.78, 5) is 16.1. The molecule has 4 nitrogen and oxygen atoms in total. The normalized spacial score (nSPS) is 11.8. The van der Waals surface area contributed by atoms with Crippen LogP contribution >= 0.6 is 23.2 Å². The minimum atomic E-state index is -4.96. The third-order valence-corrected chi connectivity index (χ3v) is 4.21. The highest BCUT2D eigenvalue weighted by Gasteiger charge is 2.41. The first-order chi connectivity index (χ1) is 11.7. The van der Waals surface area contributed by atoms with Gasteiger partial charge in [0.15, 0.2) is 5.58 Å². The summed E-state index contributed by atoms with van der Waals surface area (Å²) in [5, 5.41) is 0.689. The number of halogens is 5. The zero-order chi connectivity index (χ0) is 18.4. The molecule has 9 heteroatoms. The number of hydrogen-bond acceptors (Lipinski definition) is 3. The molecule has 1 aromatic heterocycles. The van der Waals surface area contributed by atoms with Gasteiger partial charge >= 0.3 is 12.1 Å². The number of aromatic nitrogens is 1. The lowest BCUT2D eigenvalue weighted by atomic mass is 10.2. The second kappa shape index (κ2) is 6.24. The van der Waals surface area contributed by atoms with E-state index in [1.165, 1.54) is 18.2 Å². The van der Waals surface area contributed by atoms with Crippen molar-refractivity contribution in [1.82, 2.24) is 4.98 Å². The van der Waals surface area contributed by atoms with Crippen LogP contribution in [-0.4, -0.2) is 24.1 Å². The van der Waals surface area contributed by atoms with E-state index in [0.29, 0.717) is 26.0 Å². The fourth-order valence-corrected chi connectivity index (χ4v) is 2.48. The SMILES string of the molecule is CN(C(=O)C(F)(F)F)c1ccc2nc(-c3ccc(Cl)c(Cl)c3)oc2c1. The van der Waals surface area contributed by atoms with Crippen molar-refractivity contribution < 1.29 is 22.4 Å². The molecule has 0 bridgehead atoms. The highest BCUT2D eigenvalue weighted by atomic mass is 35.5. The number of benzene rings is 2.